The molecule has 0 heterocycles. The third-order valence-corrected chi connectivity index (χ3v) is 5.10. The topological polar surface area (TPSA) is 72.2 Å². The molecule has 0 saturated carbocycles. The van der Waals surface area contributed by atoms with Gasteiger partial charge in [0, 0.05) is 9.50 Å². The van der Waals surface area contributed by atoms with Gasteiger partial charge in [-0.05, 0) is 42.8 Å². The molecular formula is C13H12BrClN2O2S. The van der Waals surface area contributed by atoms with Crippen LogP contribution in [-0.4, -0.2) is 8.42 Å². The Labute approximate surface area is 131 Å². The van der Waals surface area contributed by atoms with E-state index in [0.29, 0.717) is 20.7 Å². The zero-order chi connectivity index (χ0) is 14.9. The molecule has 0 aliphatic carbocycles. The number of nitrogens with two attached hydrogens (primary N) is 1. The second kappa shape index (κ2) is 5.63. The molecule has 2 aromatic rings. The lowest BCUT2D eigenvalue weighted by atomic mass is 10.2. The van der Waals surface area contributed by atoms with Gasteiger partial charge in [-0.15, -0.1) is 0 Å². The summed E-state index contributed by atoms with van der Waals surface area (Å²) >= 11 is 9.21. The summed E-state index contributed by atoms with van der Waals surface area (Å²) in [6.07, 6.45) is 0. The van der Waals surface area contributed by atoms with Crippen LogP contribution in [0, 0.1) is 6.92 Å². The van der Waals surface area contributed by atoms with E-state index in [1.807, 2.05) is 0 Å². The molecule has 0 aromatic heterocycles. The highest BCUT2D eigenvalue weighted by Gasteiger charge is 2.19. The summed E-state index contributed by atoms with van der Waals surface area (Å²) in [6.45, 7) is 1.74. The van der Waals surface area contributed by atoms with Crippen molar-refractivity contribution in [1.29, 1.82) is 0 Å². The van der Waals surface area contributed by atoms with Gasteiger partial charge >= 0.3 is 0 Å². The molecule has 4 nitrogen and oxygen atoms in total. The standard InChI is InChI=1S/C13H12BrClN2O2S/c1-8-10(15)3-2-4-12(8)17-20(18,19)13-7-9(14)5-6-11(13)16/h2-7,17H,16H2,1H3. The van der Waals surface area contributed by atoms with E-state index in [9.17, 15) is 8.42 Å². The predicted molar refractivity (Wildman–Crippen MR) is 85.6 cm³/mol. The Morgan fingerprint density at radius 2 is 1.95 bits per heavy atom. The highest BCUT2D eigenvalue weighted by molar-refractivity contribution is 9.10. The second-order valence-electron chi connectivity index (χ2n) is 4.20. The lowest BCUT2D eigenvalue weighted by Gasteiger charge is -2.13. The molecule has 106 valence electrons. The molecule has 0 atom stereocenters. The van der Waals surface area contributed by atoms with Crippen LogP contribution in [0.3, 0.4) is 0 Å². The Morgan fingerprint density at radius 1 is 1.25 bits per heavy atom. The molecule has 3 N–H and O–H groups in total. The van der Waals surface area contributed by atoms with E-state index < -0.39 is 10.0 Å². The molecule has 0 aliphatic heterocycles. The predicted octanol–water partition coefficient (Wildman–Crippen LogP) is 3.79. The van der Waals surface area contributed by atoms with Crippen LogP contribution < -0.4 is 10.5 Å². The zero-order valence-electron chi connectivity index (χ0n) is 10.5. The lowest BCUT2D eigenvalue weighted by Crippen LogP contribution is -2.15. The molecule has 2 rings (SSSR count). The number of hydrogen-bond acceptors (Lipinski definition) is 3. The molecule has 0 aliphatic rings. The molecule has 0 unspecified atom stereocenters. The third-order valence-electron chi connectivity index (χ3n) is 2.78. The van der Waals surface area contributed by atoms with Crippen molar-refractivity contribution in [3.05, 3.63) is 51.5 Å². The van der Waals surface area contributed by atoms with Crippen LogP contribution in [0.4, 0.5) is 11.4 Å². The maximum Gasteiger partial charge on any atom is 0.263 e. The highest BCUT2D eigenvalue weighted by atomic mass is 79.9. The first-order valence-corrected chi connectivity index (χ1v) is 8.29. The van der Waals surface area contributed by atoms with Crippen molar-refractivity contribution in [3.8, 4) is 0 Å². The molecular weight excluding hydrogens is 364 g/mol. The van der Waals surface area contributed by atoms with Crippen LogP contribution in [0.25, 0.3) is 0 Å². The zero-order valence-corrected chi connectivity index (χ0v) is 13.7. The van der Waals surface area contributed by atoms with Crippen LogP contribution >= 0.6 is 27.5 Å². The summed E-state index contributed by atoms with van der Waals surface area (Å²) in [6, 6.07) is 9.69. The van der Waals surface area contributed by atoms with Crippen LogP contribution in [0.1, 0.15) is 5.56 Å². The normalized spacial score (nSPS) is 11.3. The Balaban J connectivity index is 2.46. The molecule has 7 heteroatoms. The maximum atomic E-state index is 12.4. The number of anilines is 2. The number of benzene rings is 2. The van der Waals surface area contributed by atoms with Crippen molar-refractivity contribution in [1.82, 2.24) is 0 Å². The fourth-order valence-corrected chi connectivity index (χ4v) is 3.63. The van der Waals surface area contributed by atoms with Gasteiger partial charge in [0.25, 0.3) is 10.0 Å². The van der Waals surface area contributed by atoms with E-state index >= 15 is 0 Å². The Morgan fingerprint density at radius 3 is 2.65 bits per heavy atom. The summed E-state index contributed by atoms with van der Waals surface area (Å²) < 4.78 is 27.9. The Hall–Kier alpha value is -1.24. The molecule has 0 amide bonds. The first-order chi connectivity index (χ1) is 9.31. The Bertz CT molecular complexity index is 763. The summed E-state index contributed by atoms with van der Waals surface area (Å²) in [4.78, 5) is 0.0197. The van der Waals surface area contributed by atoms with Gasteiger partial charge < -0.3 is 5.73 Å². The van der Waals surface area contributed by atoms with Crippen molar-refractivity contribution in [2.75, 3.05) is 10.5 Å². The minimum absolute atomic E-state index is 0.0197. The summed E-state index contributed by atoms with van der Waals surface area (Å²) in [5, 5.41) is 0.493. The van der Waals surface area contributed by atoms with Gasteiger partial charge in [0.15, 0.2) is 0 Å². The monoisotopic (exact) mass is 374 g/mol. The van der Waals surface area contributed by atoms with Crippen LogP contribution in [0.15, 0.2) is 45.8 Å². The van der Waals surface area contributed by atoms with Crippen molar-refractivity contribution >= 4 is 48.9 Å². The number of nitrogens with one attached hydrogen (secondary N) is 1. The van der Waals surface area contributed by atoms with Gasteiger partial charge in [-0.25, -0.2) is 8.42 Å². The lowest BCUT2D eigenvalue weighted by molar-refractivity contribution is 0.601. The van der Waals surface area contributed by atoms with E-state index in [1.54, 1.807) is 31.2 Å². The van der Waals surface area contributed by atoms with E-state index in [1.165, 1.54) is 12.1 Å². The average Bonchev–Trinajstić information content (AvgIpc) is 2.37. The number of hydrogen-bond donors (Lipinski definition) is 2. The van der Waals surface area contributed by atoms with Crippen LogP contribution in [0.5, 0.6) is 0 Å². The molecule has 0 bridgehead atoms. The van der Waals surface area contributed by atoms with Gasteiger partial charge in [0.2, 0.25) is 0 Å². The van der Waals surface area contributed by atoms with E-state index in [2.05, 4.69) is 20.7 Å². The summed E-state index contributed by atoms with van der Waals surface area (Å²) in [5.41, 5.74) is 7.00. The van der Waals surface area contributed by atoms with Crippen molar-refractivity contribution in [3.63, 3.8) is 0 Å². The van der Waals surface area contributed by atoms with Crippen molar-refractivity contribution in [2.45, 2.75) is 11.8 Å². The third kappa shape index (κ3) is 3.08. The highest BCUT2D eigenvalue weighted by Crippen LogP contribution is 2.28. The number of halogens is 2. The minimum atomic E-state index is -3.77. The van der Waals surface area contributed by atoms with Gasteiger partial charge in [-0.1, -0.05) is 33.6 Å². The number of sulfonamides is 1. The van der Waals surface area contributed by atoms with E-state index in [-0.39, 0.29) is 10.6 Å². The largest absolute Gasteiger partial charge is 0.398 e. The van der Waals surface area contributed by atoms with Crippen molar-refractivity contribution in [2.24, 2.45) is 0 Å². The van der Waals surface area contributed by atoms with Crippen molar-refractivity contribution < 1.29 is 8.42 Å². The van der Waals surface area contributed by atoms with Gasteiger partial charge in [0.1, 0.15) is 4.90 Å². The fraction of sp³-hybridized carbons (Fsp3) is 0.0769. The van der Waals surface area contributed by atoms with E-state index in [0.717, 1.165) is 0 Å². The molecule has 20 heavy (non-hydrogen) atoms. The molecule has 0 radical (unpaired) electrons. The van der Waals surface area contributed by atoms with Crippen LogP contribution in [0.2, 0.25) is 5.02 Å². The maximum absolute atomic E-state index is 12.4. The first-order valence-electron chi connectivity index (χ1n) is 5.64. The first kappa shape index (κ1) is 15.2. The average molecular weight is 376 g/mol. The fourth-order valence-electron chi connectivity index (χ4n) is 1.66. The van der Waals surface area contributed by atoms with Gasteiger partial charge in [-0.2, -0.15) is 0 Å². The van der Waals surface area contributed by atoms with Gasteiger partial charge in [-0.3, -0.25) is 4.72 Å². The number of nitrogen functional groups attached to an aromatic ring is 1. The molecule has 0 spiro atoms. The Kier molecular flexibility index (Phi) is 4.27. The molecule has 0 fully saturated rings. The second-order valence-corrected chi connectivity index (χ2v) is 7.17. The van der Waals surface area contributed by atoms with Gasteiger partial charge in [0.05, 0.1) is 11.4 Å². The quantitative estimate of drug-likeness (QED) is 0.802. The molecule has 2 aromatic carbocycles. The SMILES string of the molecule is Cc1c(Cl)cccc1NS(=O)(=O)c1cc(Br)ccc1N. The molecule has 0 saturated heterocycles. The smallest absolute Gasteiger partial charge is 0.263 e. The summed E-state index contributed by atoms with van der Waals surface area (Å²) in [5.74, 6) is 0. The minimum Gasteiger partial charge on any atom is -0.398 e. The van der Waals surface area contributed by atoms with Crippen LogP contribution in [-0.2, 0) is 10.0 Å². The van der Waals surface area contributed by atoms with E-state index in [4.69, 9.17) is 17.3 Å². The summed E-state index contributed by atoms with van der Waals surface area (Å²) in [7, 11) is -3.77. The number of rotatable bonds is 3.